The molecule has 0 N–H and O–H groups in total. The van der Waals surface area contributed by atoms with E-state index < -0.39 is 23.2 Å². The second kappa shape index (κ2) is 9.18. The molecule has 0 saturated carbocycles. The molecule has 4 rings (SSSR count). The van der Waals surface area contributed by atoms with Crippen molar-refractivity contribution in [3.8, 4) is 0 Å². The van der Waals surface area contributed by atoms with Gasteiger partial charge < -0.3 is 48.0 Å². The Hall–Kier alpha value is 0.263. The number of hydrogen-bond donors (Lipinski definition) is 0. The van der Waals surface area contributed by atoms with Gasteiger partial charge in [0.05, 0.1) is 0 Å². The minimum atomic E-state index is -0.845. The second-order valence-electron chi connectivity index (χ2n) is 8.04. The van der Waals surface area contributed by atoms with Crippen molar-refractivity contribution in [2.24, 2.45) is 0 Å². The van der Waals surface area contributed by atoms with Crippen LogP contribution in [0.15, 0.2) is 64.3 Å². The molecule has 0 atom stereocenters. The number of allylic oxidation sites excluding steroid dienone is 5. The van der Waals surface area contributed by atoms with Crippen LogP contribution in [-0.4, -0.2) is 0 Å². The molecule has 0 radical (unpaired) electrons. The van der Waals surface area contributed by atoms with E-state index in [1.54, 1.807) is 42.3 Å². The molecule has 3 heteroatoms. The molecule has 0 unspecified atom stereocenters. The Balaban J connectivity index is 0.00000140. The first-order chi connectivity index (χ1) is 12.4. The molecule has 0 saturated heterocycles. The largest absolute Gasteiger partial charge is 1.00 e. The normalized spacial score (nSPS) is 17.5. The first kappa shape index (κ1) is 24.5. The fourth-order valence-corrected chi connectivity index (χ4v) is 10.1. The summed E-state index contributed by atoms with van der Waals surface area (Å²) in [4.78, 5) is 0. The maximum Gasteiger partial charge on any atom is -1.00 e. The van der Waals surface area contributed by atoms with Gasteiger partial charge in [0.1, 0.15) is 0 Å². The fourth-order valence-electron chi connectivity index (χ4n) is 5.02. The van der Waals surface area contributed by atoms with Gasteiger partial charge in [-0.15, -0.1) is 0 Å². The van der Waals surface area contributed by atoms with Gasteiger partial charge in [-0.25, -0.2) is 0 Å². The Morgan fingerprint density at radius 1 is 0.857 bits per heavy atom. The molecule has 0 aromatic heterocycles. The molecule has 0 aliphatic heterocycles. The Morgan fingerprint density at radius 2 is 1.46 bits per heavy atom. The quantitative estimate of drug-likeness (QED) is 0.434. The van der Waals surface area contributed by atoms with Gasteiger partial charge in [-0.3, -0.25) is 0 Å². The zero-order chi connectivity index (χ0) is 18.6. The van der Waals surface area contributed by atoms with Crippen molar-refractivity contribution in [1.82, 2.24) is 0 Å². The van der Waals surface area contributed by atoms with Crippen molar-refractivity contribution >= 4 is 14.1 Å². The molecule has 0 heterocycles. The van der Waals surface area contributed by atoms with Crippen LogP contribution < -0.4 is 48.0 Å². The SMILES string of the molecule is CC[C]1([Zr+2][C]2=C(C)Cc3ccc4ccccc4c32)C(C)=C(C)C(C)=C1C.[I-].[I-]. The molecule has 2 aromatic rings. The van der Waals surface area contributed by atoms with Gasteiger partial charge in [-0.1, -0.05) is 0 Å². The predicted molar refractivity (Wildman–Crippen MR) is 110 cm³/mol. The molecule has 0 spiro atoms. The summed E-state index contributed by atoms with van der Waals surface area (Å²) >= 11 is -0.845. The standard InChI is InChI=1S/C14H11.C11H17.2HI.Zr/c1-10-8-12-7-6-11-4-2-3-5-13(11)14(12)9-10;1-6-11-9(4)7(2)8(3)10(11)5;;;/h2-7H,8H2,1H3;6H2,1-5H3;2*1H;/q;;;;+2/p-2. The van der Waals surface area contributed by atoms with E-state index in [4.69, 9.17) is 0 Å². The first-order valence-electron chi connectivity index (χ1n) is 9.76. The maximum absolute atomic E-state index is 2.41. The maximum atomic E-state index is 2.41. The van der Waals surface area contributed by atoms with Crippen LogP contribution in [0.3, 0.4) is 0 Å². The topological polar surface area (TPSA) is 0 Å². The van der Waals surface area contributed by atoms with Crippen LogP contribution in [0.5, 0.6) is 0 Å². The Kier molecular flexibility index (Phi) is 8.04. The smallest absolute Gasteiger partial charge is 1.00 e. The summed E-state index contributed by atoms with van der Waals surface area (Å²) in [7, 11) is 0. The monoisotopic (exact) mass is 672 g/mol. The molecule has 146 valence electrons. The molecular formula is C25H28I2Zr. The minimum Gasteiger partial charge on any atom is -1.00 e. The third-order valence-electron chi connectivity index (χ3n) is 6.98. The van der Waals surface area contributed by atoms with E-state index in [0.717, 1.165) is 6.42 Å². The van der Waals surface area contributed by atoms with E-state index >= 15 is 0 Å². The van der Waals surface area contributed by atoms with Gasteiger partial charge in [0.25, 0.3) is 0 Å². The minimum absolute atomic E-state index is 0. The number of halogens is 2. The van der Waals surface area contributed by atoms with E-state index in [-0.39, 0.29) is 48.0 Å². The van der Waals surface area contributed by atoms with Crippen LogP contribution in [0, 0.1) is 0 Å². The summed E-state index contributed by atoms with van der Waals surface area (Å²) in [5.74, 6) is 0. The molecule has 0 amide bonds. The Bertz CT molecular complexity index is 1000. The number of hydrogen-bond acceptors (Lipinski definition) is 0. The zero-order valence-corrected chi connectivity index (χ0v) is 24.4. The van der Waals surface area contributed by atoms with Crippen molar-refractivity contribution in [1.29, 1.82) is 0 Å². The summed E-state index contributed by atoms with van der Waals surface area (Å²) in [5.41, 5.74) is 11.2. The predicted octanol–water partition coefficient (Wildman–Crippen LogP) is 1.47. The van der Waals surface area contributed by atoms with E-state index in [1.807, 2.05) is 0 Å². The number of rotatable bonds is 3. The summed E-state index contributed by atoms with van der Waals surface area (Å²) in [6.07, 6.45) is 2.40. The molecule has 2 aliphatic carbocycles. The average Bonchev–Trinajstić information content (AvgIpc) is 3.05. The van der Waals surface area contributed by atoms with Gasteiger partial charge in [-0.2, -0.15) is 0 Å². The molecule has 2 aromatic carbocycles. The van der Waals surface area contributed by atoms with Crippen molar-refractivity contribution in [2.75, 3.05) is 0 Å². The number of benzene rings is 2. The van der Waals surface area contributed by atoms with E-state index in [2.05, 4.69) is 77.9 Å². The fraction of sp³-hybridized carbons (Fsp3) is 0.360. The first-order valence-corrected chi connectivity index (χ1v) is 12.2. The van der Waals surface area contributed by atoms with Crippen LogP contribution in [0.1, 0.15) is 59.1 Å². The zero-order valence-electron chi connectivity index (χ0n) is 17.6. The van der Waals surface area contributed by atoms with E-state index in [9.17, 15) is 0 Å². The third-order valence-corrected chi connectivity index (χ3v) is 13.0. The van der Waals surface area contributed by atoms with E-state index in [0.29, 0.717) is 3.12 Å². The van der Waals surface area contributed by atoms with Crippen LogP contribution in [0.4, 0.5) is 0 Å². The molecular weight excluding hydrogens is 645 g/mol. The molecule has 28 heavy (non-hydrogen) atoms. The van der Waals surface area contributed by atoms with Gasteiger partial charge >= 0.3 is 170 Å². The third kappa shape index (κ3) is 3.60. The Morgan fingerprint density at radius 3 is 2.07 bits per heavy atom. The molecule has 0 bridgehead atoms. The summed E-state index contributed by atoms with van der Waals surface area (Å²) in [6, 6.07) is 13.7. The summed E-state index contributed by atoms with van der Waals surface area (Å²) in [5, 5.41) is 2.86. The molecule has 2 aliphatic rings. The summed E-state index contributed by atoms with van der Waals surface area (Å²) < 4.78 is 2.13. The van der Waals surface area contributed by atoms with Crippen molar-refractivity contribution in [2.45, 2.75) is 57.5 Å². The number of fused-ring (bicyclic) bond motifs is 3. The van der Waals surface area contributed by atoms with Crippen LogP contribution in [0.25, 0.3) is 14.1 Å². The second-order valence-corrected chi connectivity index (χ2v) is 12.0. The van der Waals surface area contributed by atoms with E-state index in [1.165, 1.54) is 17.2 Å². The van der Waals surface area contributed by atoms with Gasteiger partial charge in [0.15, 0.2) is 0 Å². The van der Waals surface area contributed by atoms with Gasteiger partial charge in [-0.05, 0) is 0 Å². The average molecular weight is 674 g/mol. The molecule has 0 fully saturated rings. The van der Waals surface area contributed by atoms with Crippen LogP contribution in [0.2, 0.25) is 3.12 Å². The summed E-state index contributed by atoms with van der Waals surface area (Å²) in [6.45, 7) is 14.3. The van der Waals surface area contributed by atoms with Gasteiger partial charge in [0, 0.05) is 0 Å². The van der Waals surface area contributed by atoms with Gasteiger partial charge in [0.2, 0.25) is 0 Å². The van der Waals surface area contributed by atoms with Crippen molar-refractivity contribution in [3.63, 3.8) is 0 Å². The van der Waals surface area contributed by atoms with Crippen LogP contribution >= 0.6 is 0 Å². The molecule has 0 nitrogen and oxygen atoms in total. The van der Waals surface area contributed by atoms with Crippen molar-refractivity contribution in [3.05, 3.63) is 75.4 Å². The Labute approximate surface area is 215 Å². The van der Waals surface area contributed by atoms with Crippen LogP contribution in [-0.2, 0) is 29.7 Å². The van der Waals surface area contributed by atoms with Crippen molar-refractivity contribution < 1.29 is 71.2 Å².